The van der Waals surface area contributed by atoms with Crippen LogP contribution in [0.25, 0.3) is 0 Å². The molecule has 41 heavy (non-hydrogen) atoms. The van der Waals surface area contributed by atoms with Gasteiger partial charge < -0.3 is 25.0 Å². The number of alkyl carbamates (subject to hydrolysis) is 1. The third kappa shape index (κ3) is 8.97. The molecule has 0 aliphatic rings. The average Bonchev–Trinajstić information content (AvgIpc) is 2.90. The van der Waals surface area contributed by atoms with E-state index in [-0.39, 0.29) is 17.7 Å². The lowest BCUT2D eigenvalue weighted by Crippen LogP contribution is -2.60. The summed E-state index contributed by atoms with van der Waals surface area (Å²) in [6.07, 6.45) is 0.546. The summed E-state index contributed by atoms with van der Waals surface area (Å²) in [5, 5.41) is 5.84. The fourth-order valence-electron chi connectivity index (χ4n) is 4.45. The molecule has 0 saturated heterocycles. The lowest BCUT2D eigenvalue weighted by molar-refractivity contribution is -0.148. The van der Waals surface area contributed by atoms with Crippen LogP contribution in [0.5, 0.6) is 5.75 Å². The molecule has 0 saturated carbocycles. The van der Waals surface area contributed by atoms with Gasteiger partial charge in [0.25, 0.3) is 5.91 Å². The van der Waals surface area contributed by atoms with Gasteiger partial charge in [-0.05, 0) is 102 Å². The first-order valence-electron chi connectivity index (χ1n) is 14.4. The number of anilines is 1. The Morgan fingerprint density at radius 1 is 0.927 bits per heavy atom. The minimum absolute atomic E-state index is 0.213. The number of rotatable bonds is 11. The molecule has 8 heteroatoms. The van der Waals surface area contributed by atoms with Gasteiger partial charge in [0.2, 0.25) is 5.91 Å². The van der Waals surface area contributed by atoms with Gasteiger partial charge in [-0.2, -0.15) is 0 Å². The van der Waals surface area contributed by atoms with Crippen LogP contribution in [0.1, 0.15) is 91.0 Å². The maximum Gasteiger partial charge on any atom is 0.408 e. The highest BCUT2D eigenvalue weighted by Crippen LogP contribution is 2.35. The molecule has 0 aliphatic carbocycles. The Balaban J connectivity index is 2.68. The maximum atomic E-state index is 14.6. The second-order valence-electron chi connectivity index (χ2n) is 12.3. The maximum absolute atomic E-state index is 14.6. The van der Waals surface area contributed by atoms with E-state index in [1.165, 1.54) is 0 Å². The number of ether oxygens (including phenoxy) is 2. The number of benzene rings is 2. The summed E-state index contributed by atoms with van der Waals surface area (Å²) in [5.41, 5.74) is 1.90. The molecule has 226 valence electrons. The summed E-state index contributed by atoms with van der Waals surface area (Å²) < 4.78 is 10.8. The Bertz CT molecular complexity index is 1200. The summed E-state index contributed by atoms with van der Waals surface area (Å²) in [6, 6.07) is 11.0. The summed E-state index contributed by atoms with van der Waals surface area (Å²) in [6.45, 7) is 19.1. The summed E-state index contributed by atoms with van der Waals surface area (Å²) >= 11 is 0. The molecule has 8 nitrogen and oxygen atoms in total. The van der Waals surface area contributed by atoms with Crippen LogP contribution in [0.2, 0.25) is 0 Å². The Labute approximate surface area is 246 Å². The van der Waals surface area contributed by atoms with Crippen LogP contribution in [0.15, 0.2) is 42.5 Å². The van der Waals surface area contributed by atoms with E-state index in [0.29, 0.717) is 29.8 Å². The van der Waals surface area contributed by atoms with Crippen molar-refractivity contribution < 1.29 is 23.9 Å². The van der Waals surface area contributed by atoms with Crippen LogP contribution in [0.4, 0.5) is 10.5 Å². The zero-order valence-electron chi connectivity index (χ0n) is 26.7. The first-order chi connectivity index (χ1) is 19.0. The number of carbonyl (C=O) groups excluding carboxylic acids is 3. The highest BCUT2D eigenvalue weighted by molar-refractivity contribution is 5.99. The van der Waals surface area contributed by atoms with Gasteiger partial charge in [0.05, 0.1) is 7.11 Å². The molecule has 0 aromatic heterocycles. The highest BCUT2D eigenvalue weighted by atomic mass is 16.6. The molecule has 0 spiro atoms. The van der Waals surface area contributed by atoms with Crippen molar-refractivity contribution in [1.29, 1.82) is 0 Å². The normalized spacial score (nSPS) is 13.9. The van der Waals surface area contributed by atoms with Crippen molar-refractivity contribution in [3.8, 4) is 5.75 Å². The van der Waals surface area contributed by atoms with Gasteiger partial charge in [0.1, 0.15) is 23.4 Å². The van der Waals surface area contributed by atoms with Gasteiger partial charge in [0, 0.05) is 11.2 Å². The van der Waals surface area contributed by atoms with Crippen LogP contribution >= 0.6 is 0 Å². The van der Waals surface area contributed by atoms with Crippen molar-refractivity contribution in [2.45, 2.75) is 105 Å². The van der Waals surface area contributed by atoms with E-state index in [1.54, 1.807) is 57.0 Å². The second kappa shape index (κ2) is 13.9. The molecule has 2 rings (SSSR count). The zero-order chi connectivity index (χ0) is 31.1. The van der Waals surface area contributed by atoms with Crippen molar-refractivity contribution in [2.24, 2.45) is 5.92 Å². The molecule has 0 radical (unpaired) electrons. The molecular weight excluding hydrogens is 518 g/mol. The smallest absolute Gasteiger partial charge is 0.408 e. The Kier molecular flexibility index (Phi) is 11.4. The predicted molar refractivity (Wildman–Crippen MR) is 164 cm³/mol. The minimum Gasteiger partial charge on any atom is -0.497 e. The first-order valence-corrected chi connectivity index (χ1v) is 14.4. The molecular formula is C33H49N3O5. The highest BCUT2D eigenvalue weighted by Gasteiger charge is 2.44. The fourth-order valence-corrected chi connectivity index (χ4v) is 4.45. The molecule has 0 fully saturated rings. The monoisotopic (exact) mass is 567 g/mol. The predicted octanol–water partition coefficient (Wildman–Crippen LogP) is 6.95. The number of hydrogen-bond donors (Lipinski definition) is 2. The summed E-state index contributed by atoms with van der Waals surface area (Å²) in [4.78, 5) is 43.3. The molecule has 2 N–H and O–H groups in total. The van der Waals surface area contributed by atoms with E-state index in [1.807, 2.05) is 66.7 Å². The Hall–Kier alpha value is -3.55. The third-order valence-electron chi connectivity index (χ3n) is 7.62. The number of carbonyl (C=O) groups is 3. The molecule has 3 unspecified atom stereocenters. The van der Waals surface area contributed by atoms with Crippen LogP contribution in [-0.4, -0.2) is 47.1 Å². The second-order valence-corrected chi connectivity index (χ2v) is 12.3. The van der Waals surface area contributed by atoms with Crippen LogP contribution in [-0.2, 0) is 14.3 Å². The lowest BCUT2D eigenvalue weighted by atomic mass is 9.88. The van der Waals surface area contributed by atoms with Crippen molar-refractivity contribution in [3.05, 3.63) is 59.2 Å². The Morgan fingerprint density at radius 2 is 1.54 bits per heavy atom. The van der Waals surface area contributed by atoms with Crippen molar-refractivity contribution in [2.75, 3.05) is 12.4 Å². The number of nitrogens with one attached hydrogen (secondary N) is 2. The van der Waals surface area contributed by atoms with E-state index in [0.717, 1.165) is 11.1 Å². The van der Waals surface area contributed by atoms with Crippen LogP contribution in [0.3, 0.4) is 0 Å². The summed E-state index contributed by atoms with van der Waals surface area (Å²) in [5.74, 6) is -0.240. The number of aryl methyl sites for hydroxylation is 2. The lowest BCUT2D eigenvalue weighted by Gasteiger charge is -2.45. The number of hydrogen-bond acceptors (Lipinski definition) is 5. The molecule has 0 aliphatic heterocycles. The molecule has 2 aromatic rings. The number of amides is 3. The van der Waals surface area contributed by atoms with E-state index in [2.05, 4.69) is 10.6 Å². The molecule has 2 aromatic carbocycles. The van der Waals surface area contributed by atoms with Crippen LogP contribution < -0.4 is 15.4 Å². The zero-order valence-corrected chi connectivity index (χ0v) is 26.7. The standard InChI is InChI=1S/C33H49N3O5/c1-12-21(3)27(35-31(39)41-32(6,7)8)30(38)36(33(9,10)13-2)28(24-15-14-22(4)23(5)20-24)29(37)34-25-16-18-26(40-11)19-17-25/h14-21,27-28H,12-13H2,1-11H3,(H,34,37)(H,35,39). The third-order valence-corrected chi connectivity index (χ3v) is 7.62. The van der Waals surface area contributed by atoms with E-state index in [4.69, 9.17) is 9.47 Å². The topological polar surface area (TPSA) is 97.0 Å². The molecule has 3 atom stereocenters. The minimum atomic E-state index is -0.967. The van der Waals surface area contributed by atoms with Gasteiger partial charge in [0.15, 0.2) is 0 Å². The number of methoxy groups -OCH3 is 1. The largest absolute Gasteiger partial charge is 0.497 e. The quantitative estimate of drug-likeness (QED) is 0.306. The van der Waals surface area contributed by atoms with Crippen LogP contribution in [0, 0.1) is 19.8 Å². The van der Waals surface area contributed by atoms with Gasteiger partial charge in [-0.15, -0.1) is 0 Å². The van der Waals surface area contributed by atoms with E-state index in [9.17, 15) is 14.4 Å². The van der Waals surface area contributed by atoms with Gasteiger partial charge in [-0.1, -0.05) is 45.4 Å². The fraction of sp³-hybridized carbons (Fsp3) is 0.545. The van der Waals surface area contributed by atoms with Gasteiger partial charge in [-0.25, -0.2) is 4.79 Å². The van der Waals surface area contributed by atoms with Gasteiger partial charge >= 0.3 is 6.09 Å². The average molecular weight is 568 g/mol. The molecule has 0 bridgehead atoms. The van der Waals surface area contributed by atoms with E-state index < -0.39 is 29.3 Å². The SMILES string of the molecule is CCC(C)C(NC(=O)OC(C)(C)C)C(=O)N(C(C(=O)Nc1ccc(OC)cc1)c1ccc(C)c(C)c1)C(C)(C)CC. The summed E-state index contributed by atoms with van der Waals surface area (Å²) in [7, 11) is 1.58. The molecule has 0 heterocycles. The van der Waals surface area contributed by atoms with Gasteiger partial charge in [-0.3, -0.25) is 9.59 Å². The molecule has 3 amide bonds. The van der Waals surface area contributed by atoms with Crippen molar-refractivity contribution in [3.63, 3.8) is 0 Å². The van der Waals surface area contributed by atoms with Crippen molar-refractivity contribution in [1.82, 2.24) is 10.2 Å². The first kappa shape index (κ1) is 33.7. The number of nitrogens with zero attached hydrogens (tertiary/aromatic N) is 1. The van der Waals surface area contributed by atoms with Crippen molar-refractivity contribution >= 4 is 23.6 Å². The Morgan fingerprint density at radius 3 is 2.02 bits per heavy atom. The van der Waals surface area contributed by atoms with E-state index >= 15 is 0 Å².